The highest BCUT2D eigenvalue weighted by Crippen LogP contribution is 2.32. The number of amides is 2. The van der Waals surface area contributed by atoms with Crippen molar-refractivity contribution in [2.45, 2.75) is 39.2 Å². The fourth-order valence-corrected chi connectivity index (χ4v) is 3.17. The minimum absolute atomic E-state index is 0.0775. The summed E-state index contributed by atoms with van der Waals surface area (Å²) in [5.74, 6) is -0.333. The van der Waals surface area contributed by atoms with E-state index in [1.165, 1.54) is 6.20 Å². The molecule has 0 aliphatic carbocycles. The standard InChI is InChI=1S/C20H23N3O2/c1-3-4-10-22-19(24)16-9-11-21-17(13-16)20(25)23-14(2)12-15-7-5-6-8-18(15)23/h5-9,11,13-14H,3-4,10,12H2,1-2H3,(H,22,24). The van der Waals surface area contributed by atoms with Crippen LogP contribution < -0.4 is 10.2 Å². The maximum Gasteiger partial charge on any atom is 0.277 e. The number of aromatic nitrogens is 1. The maximum absolute atomic E-state index is 13.0. The normalized spacial score (nSPS) is 15.8. The van der Waals surface area contributed by atoms with Gasteiger partial charge in [-0.05, 0) is 43.5 Å². The first-order chi connectivity index (χ1) is 12.1. The lowest BCUT2D eigenvalue weighted by molar-refractivity contribution is 0.0953. The van der Waals surface area contributed by atoms with Crippen molar-refractivity contribution in [2.75, 3.05) is 11.4 Å². The predicted octanol–water partition coefficient (Wildman–Crippen LogP) is 3.20. The second-order valence-corrected chi connectivity index (χ2v) is 6.40. The monoisotopic (exact) mass is 337 g/mol. The van der Waals surface area contributed by atoms with Gasteiger partial charge in [0.1, 0.15) is 5.69 Å². The number of unbranched alkanes of at least 4 members (excludes halogenated alkanes) is 1. The van der Waals surface area contributed by atoms with Crippen molar-refractivity contribution in [3.63, 3.8) is 0 Å². The molecule has 2 aromatic rings. The summed E-state index contributed by atoms with van der Waals surface area (Å²) in [6, 6.07) is 11.2. The van der Waals surface area contributed by atoms with Crippen LogP contribution in [-0.2, 0) is 6.42 Å². The zero-order chi connectivity index (χ0) is 17.8. The Hall–Kier alpha value is -2.69. The van der Waals surface area contributed by atoms with Crippen LogP contribution in [0.15, 0.2) is 42.6 Å². The van der Waals surface area contributed by atoms with Crippen LogP contribution in [0.2, 0.25) is 0 Å². The fraction of sp³-hybridized carbons (Fsp3) is 0.350. The lowest BCUT2D eigenvalue weighted by atomic mass is 10.1. The van der Waals surface area contributed by atoms with Crippen molar-refractivity contribution in [1.29, 1.82) is 0 Å². The number of carbonyl (C=O) groups is 2. The van der Waals surface area contributed by atoms with E-state index in [9.17, 15) is 9.59 Å². The Morgan fingerprint density at radius 1 is 1.28 bits per heavy atom. The molecule has 1 atom stereocenters. The van der Waals surface area contributed by atoms with Crippen LogP contribution in [0.4, 0.5) is 5.69 Å². The molecule has 0 bridgehead atoms. The second kappa shape index (κ2) is 7.47. The third-order valence-electron chi connectivity index (χ3n) is 4.48. The Bertz CT molecular complexity index is 788. The first-order valence-corrected chi connectivity index (χ1v) is 8.77. The molecule has 1 unspecified atom stereocenters. The zero-order valence-electron chi connectivity index (χ0n) is 14.7. The molecule has 0 radical (unpaired) electrons. The minimum Gasteiger partial charge on any atom is -0.352 e. The van der Waals surface area contributed by atoms with E-state index in [1.54, 1.807) is 17.0 Å². The van der Waals surface area contributed by atoms with Crippen molar-refractivity contribution in [2.24, 2.45) is 0 Å². The van der Waals surface area contributed by atoms with Crippen molar-refractivity contribution >= 4 is 17.5 Å². The van der Waals surface area contributed by atoms with Crippen molar-refractivity contribution in [1.82, 2.24) is 10.3 Å². The molecule has 3 rings (SSSR count). The number of nitrogens with one attached hydrogen (secondary N) is 1. The Labute approximate surface area is 148 Å². The van der Waals surface area contributed by atoms with Gasteiger partial charge in [-0.3, -0.25) is 14.6 Å². The van der Waals surface area contributed by atoms with Gasteiger partial charge >= 0.3 is 0 Å². The van der Waals surface area contributed by atoms with Crippen LogP contribution in [0.5, 0.6) is 0 Å². The topological polar surface area (TPSA) is 62.3 Å². The third-order valence-corrected chi connectivity index (χ3v) is 4.48. The summed E-state index contributed by atoms with van der Waals surface area (Å²) in [7, 11) is 0. The van der Waals surface area contributed by atoms with Gasteiger partial charge < -0.3 is 10.2 Å². The summed E-state index contributed by atoms with van der Waals surface area (Å²) in [6.07, 6.45) is 4.31. The SMILES string of the molecule is CCCCNC(=O)c1ccnc(C(=O)N2c3ccccc3CC2C)c1. The van der Waals surface area contributed by atoms with Gasteiger partial charge in [0.2, 0.25) is 0 Å². The van der Waals surface area contributed by atoms with Crippen LogP contribution in [0.1, 0.15) is 53.1 Å². The molecule has 1 N–H and O–H groups in total. The number of benzene rings is 1. The van der Waals surface area contributed by atoms with E-state index in [0.717, 1.165) is 30.5 Å². The number of carbonyl (C=O) groups excluding carboxylic acids is 2. The molecule has 2 heterocycles. The molecule has 5 heteroatoms. The number of hydrogen-bond donors (Lipinski definition) is 1. The highest BCUT2D eigenvalue weighted by molar-refractivity contribution is 6.07. The summed E-state index contributed by atoms with van der Waals surface area (Å²) in [6.45, 7) is 4.74. The second-order valence-electron chi connectivity index (χ2n) is 6.40. The summed E-state index contributed by atoms with van der Waals surface area (Å²) in [5.41, 5.74) is 2.86. The van der Waals surface area contributed by atoms with E-state index < -0.39 is 0 Å². The third kappa shape index (κ3) is 3.55. The van der Waals surface area contributed by atoms with Gasteiger partial charge in [0.15, 0.2) is 0 Å². The fourth-order valence-electron chi connectivity index (χ4n) is 3.17. The van der Waals surface area contributed by atoms with Crippen molar-refractivity contribution in [3.8, 4) is 0 Å². The van der Waals surface area contributed by atoms with Gasteiger partial charge in [0.05, 0.1) is 0 Å². The number of hydrogen-bond acceptors (Lipinski definition) is 3. The Morgan fingerprint density at radius 2 is 2.08 bits per heavy atom. The Morgan fingerprint density at radius 3 is 2.88 bits per heavy atom. The Kier molecular flexibility index (Phi) is 5.12. The molecule has 2 amide bonds. The smallest absolute Gasteiger partial charge is 0.277 e. The molecule has 25 heavy (non-hydrogen) atoms. The molecule has 1 aromatic carbocycles. The molecule has 0 saturated carbocycles. The largest absolute Gasteiger partial charge is 0.352 e. The number of pyridine rings is 1. The van der Waals surface area contributed by atoms with Crippen LogP contribution in [0, 0.1) is 0 Å². The lowest BCUT2D eigenvalue weighted by Crippen LogP contribution is -2.36. The van der Waals surface area contributed by atoms with Gasteiger partial charge in [-0.1, -0.05) is 31.5 Å². The molecule has 5 nitrogen and oxygen atoms in total. The highest BCUT2D eigenvalue weighted by Gasteiger charge is 2.32. The quantitative estimate of drug-likeness (QED) is 0.852. The number of nitrogens with zero attached hydrogens (tertiary/aromatic N) is 2. The zero-order valence-corrected chi connectivity index (χ0v) is 14.7. The summed E-state index contributed by atoms with van der Waals surface area (Å²) in [5, 5.41) is 2.87. The predicted molar refractivity (Wildman–Crippen MR) is 97.9 cm³/mol. The molecule has 130 valence electrons. The van der Waals surface area contributed by atoms with Gasteiger partial charge in [0, 0.05) is 30.0 Å². The van der Waals surface area contributed by atoms with Gasteiger partial charge in [-0.15, -0.1) is 0 Å². The number of para-hydroxylation sites is 1. The van der Waals surface area contributed by atoms with Gasteiger partial charge in [-0.2, -0.15) is 0 Å². The van der Waals surface area contributed by atoms with Crippen LogP contribution >= 0.6 is 0 Å². The van der Waals surface area contributed by atoms with E-state index >= 15 is 0 Å². The molecular weight excluding hydrogens is 314 g/mol. The number of rotatable bonds is 5. The van der Waals surface area contributed by atoms with Gasteiger partial charge in [0.25, 0.3) is 11.8 Å². The Balaban J connectivity index is 1.81. The first kappa shape index (κ1) is 17.1. The van der Waals surface area contributed by atoms with E-state index in [1.807, 2.05) is 31.2 Å². The van der Waals surface area contributed by atoms with E-state index in [4.69, 9.17) is 0 Å². The van der Waals surface area contributed by atoms with Crippen molar-refractivity contribution in [3.05, 3.63) is 59.4 Å². The maximum atomic E-state index is 13.0. The summed E-state index contributed by atoms with van der Waals surface area (Å²) in [4.78, 5) is 31.2. The van der Waals surface area contributed by atoms with Crippen LogP contribution in [0.25, 0.3) is 0 Å². The highest BCUT2D eigenvalue weighted by atomic mass is 16.2. The lowest BCUT2D eigenvalue weighted by Gasteiger charge is -2.22. The van der Waals surface area contributed by atoms with E-state index in [-0.39, 0.29) is 17.9 Å². The average molecular weight is 337 g/mol. The molecule has 0 fully saturated rings. The van der Waals surface area contributed by atoms with Crippen LogP contribution in [-0.4, -0.2) is 29.4 Å². The molecule has 1 aliphatic heterocycles. The molecule has 1 aromatic heterocycles. The number of anilines is 1. The van der Waals surface area contributed by atoms with Crippen molar-refractivity contribution < 1.29 is 9.59 Å². The average Bonchev–Trinajstić information content (AvgIpc) is 2.97. The number of fused-ring (bicyclic) bond motifs is 1. The minimum atomic E-state index is -0.167. The van der Waals surface area contributed by atoms with Gasteiger partial charge in [-0.25, -0.2) is 0 Å². The van der Waals surface area contributed by atoms with Crippen LogP contribution in [0.3, 0.4) is 0 Å². The molecule has 1 aliphatic rings. The molecule has 0 saturated heterocycles. The summed E-state index contributed by atoms with van der Waals surface area (Å²) < 4.78 is 0. The summed E-state index contributed by atoms with van der Waals surface area (Å²) >= 11 is 0. The first-order valence-electron chi connectivity index (χ1n) is 8.77. The molecule has 0 spiro atoms. The van der Waals surface area contributed by atoms with E-state index in [2.05, 4.69) is 17.2 Å². The molecular formula is C20H23N3O2. The van der Waals surface area contributed by atoms with E-state index in [0.29, 0.717) is 17.8 Å².